The van der Waals surface area contributed by atoms with Gasteiger partial charge >= 0.3 is 11.9 Å². The highest BCUT2D eigenvalue weighted by Crippen LogP contribution is 2.49. The van der Waals surface area contributed by atoms with Gasteiger partial charge in [-0.15, -0.1) is 0 Å². The van der Waals surface area contributed by atoms with Crippen molar-refractivity contribution in [2.24, 2.45) is 11.3 Å². The van der Waals surface area contributed by atoms with E-state index >= 15 is 0 Å². The minimum absolute atomic E-state index is 0.0573. The Morgan fingerprint density at radius 1 is 0.914 bits per heavy atom. The van der Waals surface area contributed by atoms with Crippen LogP contribution in [0.1, 0.15) is 37.8 Å². The van der Waals surface area contributed by atoms with E-state index in [9.17, 15) is 9.59 Å². The maximum Gasteiger partial charge on any atom is 0.324 e. The standard InChI is InChI=1S/C30H38O4Si/c1-22-17-30(28(31)33-19-25-13-9-7-10-14-25,29(32)34-20-26-15-11-8-12-16-26)18-27(22)24(3)23(2)21-35(4,5)6/h7-16,22H,2,17-21H2,1,3-6H3/b27-24-. The lowest BCUT2D eigenvalue weighted by molar-refractivity contribution is -0.174. The number of esters is 2. The summed E-state index contributed by atoms with van der Waals surface area (Å²) in [5, 5.41) is 0. The van der Waals surface area contributed by atoms with Crippen LogP contribution < -0.4 is 0 Å². The Morgan fingerprint density at radius 3 is 1.80 bits per heavy atom. The average molecular weight is 491 g/mol. The average Bonchev–Trinajstić information content (AvgIpc) is 3.19. The largest absolute Gasteiger partial charge is 0.460 e. The zero-order chi connectivity index (χ0) is 25.6. The van der Waals surface area contributed by atoms with Crippen molar-refractivity contribution in [2.75, 3.05) is 0 Å². The third kappa shape index (κ3) is 6.82. The highest BCUT2D eigenvalue weighted by atomic mass is 28.3. The second kappa shape index (κ2) is 11.2. The summed E-state index contributed by atoms with van der Waals surface area (Å²) in [7, 11) is -1.35. The quantitative estimate of drug-likeness (QED) is 0.214. The van der Waals surface area contributed by atoms with Gasteiger partial charge in [0.05, 0.1) is 0 Å². The minimum atomic E-state index is -1.35. The fourth-order valence-electron chi connectivity index (χ4n) is 4.84. The smallest absolute Gasteiger partial charge is 0.324 e. The van der Waals surface area contributed by atoms with E-state index in [0.29, 0.717) is 12.8 Å². The molecular weight excluding hydrogens is 452 g/mol. The van der Waals surface area contributed by atoms with Gasteiger partial charge in [0, 0.05) is 8.07 Å². The van der Waals surface area contributed by atoms with Gasteiger partial charge in [0.25, 0.3) is 0 Å². The summed E-state index contributed by atoms with van der Waals surface area (Å²) in [4.78, 5) is 27.1. The molecule has 1 unspecified atom stereocenters. The Morgan fingerprint density at radius 2 is 1.37 bits per heavy atom. The van der Waals surface area contributed by atoms with E-state index < -0.39 is 25.4 Å². The van der Waals surface area contributed by atoms with Crippen molar-refractivity contribution in [1.82, 2.24) is 0 Å². The SMILES string of the molecule is C=C(C[Si](C)(C)C)/C(C)=C1/CC(C(=O)OCc2ccccc2)(C(=O)OCc2ccccc2)CC1C. The molecule has 5 heteroatoms. The zero-order valence-electron chi connectivity index (χ0n) is 21.7. The molecule has 0 heterocycles. The summed E-state index contributed by atoms with van der Waals surface area (Å²) in [5.41, 5.74) is 3.76. The van der Waals surface area contributed by atoms with Crippen LogP contribution in [0.15, 0.2) is 84.0 Å². The molecule has 1 saturated carbocycles. The van der Waals surface area contributed by atoms with E-state index in [2.05, 4.69) is 40.1 Å². The van der Waals surface area contributed by atoms with Crippen LogP contribution >= 0.6 is 0 Å². The molecule has 1 atom stereocenters. The molecule has 0 bridgehead atoms. The van der Waals surface area contributed by atoms with Crippen LogP contribution in [-0.4, -0.2) is 20.0 Å². The topological polar surface area (TPSA) is 52.6 Å². The van der Waals surface area contributed by atoms with Gasteiger partial charge in [0.2, 0.25) is 0 Å². The molecule has 0 amide bonds. The van der Waals surface area contributed by atoms with E-state index in [1.165, 1.54) is 0 Å². The Kier molecular flexibility index (Phi) is 8.54. The molecule has 4 nitrogen and oxygen atoms in total. The Labute approximate surface area is 211 Å². The highest BCUT2D eigenvalue weighted by molar-refractivity contribution is 6.76. The summed E-state index contributed by atoms with van der Waals surface area (Å²) in [5.74, 6) is -0.961. The number of carbonyl (C=O) groups is 2. The van der Waals surface area contributed by atoms with Crippen molar-refractivity contribution >= 4 is 20.0 Å². The predicted octanol–water partition coefficient (Wildman–Crippen LogP) is 7.10. The molecule has 0 aromatic heterocycles. The number of hydrogen-bond acceptors (Lipinski definition) is 4. The predicted molar refractivity (Wildman–Crippen MR) is 143 cm³/mol. The lowest BCUT2D eigenvalue weighted by Gasteiger charge is -2.25. The zero-order valence-corrected chi connectivity index (χ0v) is 22.7. The molecule has 0 saturated heterocycles. The van der Waals surface area contributed by atoms with Crippen molar-refractivity contribution in [3.05, 3.63) is 95.1 Å². The maximum atomic E-state index is 13.5. The second-order valence-corrected chi connectivity index (χ2v) is 16.5. The van der Waals surface area contributed by atoms with Crippen LogP contribution in [0, 0.1) is 11.3 Å². The van der Waals surface area contributed by atoms with Gasteiger partial charge in [-0.3, -0.25) is 9.59 Å². The molecule has 0 N–H and O–H groups in total. The lowest BCUT2D eigenvalue weighted by Crippen LogP contribution is -2.40. The van der Waals surface area contributed by atoms with E-state index in [4.69, 9.17) is 9.47 Å². The lowest BCUT2D eigenvalue weighted by atomic mass is 9.85. The number of hydrogen-bond donors (Lipinski definition) is 0. The van der Waals surface area contributed by atoms with Crippen molar-refractivity contribution in [2.45, 2.75) is 65.6 Å². The molecule has 3 rings (SSSR count). The van der Waals surface area contributed by atoms with Gasteiger partial charge < -0.3 is 9.47 Å². The van der Waals surface area contributed by atoms with Gasteiger partial charge in [-0.25, -0.2) is 0 Å². The van der Waals surface area contributed by atoms with Crippen molar-refractivity contribution < 1.29 is 19.1 Å². The molecule has 2 aromatic carbocycles. The minimum Gasteiger partial charge on any atom is -0.460 e. The molecule has 0 aliphatic heterocycles. The third-order valence-electron chi connectivity index (χ3n) is 6.70. The normalized spacial score (nSPS) is 18.6. The van der Waals surface area contributed by atoms with E-state index in [-0.39, 0.29) is 19.1 Å². The van der Waals surface area contributed by atoms with Crippen molar-refractivity contribution in [1.29, 1.82) is 0 Å². The molecule has 35 heavy (non-hydrogen) atoms. The van der Waals surface area contributed by atoms with Crippen LogP contribution in [0.2, 0.25) is 25.7 Å². The first-order valence-corrected chi connectivity index (χ1v) is 16.0. The van der Waals surface area contributed by atoms with Crippen LogP contribution in [0.5, 0.6) is 0 Å². The molecule has 1 aliphatic carbocycles. The van der Waals surface area contributed by atoms with Crippen LogP contribution in [0.3, 0.4) is 0 Å². The van der Waals surface area contributed by atoms with Crippen molar-refractivity contribution in [3.8, 4) is 0 Å². The molecule has 186 valence electrons. The van der Waals surface area contributed by atoms with Crippen LogP contribution in [0.25, 0.3) is 0 Å². The monoisotopic (exact) mass is 490 g/mol. The molecule has 1 fully saturated rings. The molecule has 0 spiro atoms. The van der Waals surface area contributed by atoms with Gasteiger partial charge in [-0.05, 0) is 48.4 Å². The summed E-state index contributed by atoms with van der Waals surface area (Å²) in [6.45, 7) is 15.7. The Bertz CT molecular complexity index is 1020. The van der Waals surface area contributed by atoms with E-state index in [1.54, 1.807) is 0 Å². The van der Waals surface area contributed by atoms with E-state index in [1.807, 2.05) is 60.7 Å². The first-order valence-electron chi connectivity index (χ1n) is 12.3. The molecule has 0 radical (unpaired) electrons. The highest BCUT2D eigenvalue weighted by Gasteiger charge is 2.55. The van der Waals surface area contributed by atoms with Crippen LogP contribution in [0.4, 0.5) is 0 Å². The van der Waals surface area contributed by atoms with Gasteiger partial charge in [-0.1, -0.05) is 105 Å². The Hall–Kier alpha value is -2.92. The number of benzene rings is 2. The maximum absolute atomic E-state index is 13.5. The second-order valence-electron chi connectivity index (χ2n) is 11.0. The summed E-state index contributed by atoms with van der Waals surface area (Å²) < 4.78 is 11.5. The first-order chi connectivity index (χ1) is 16.5. The van der Waals surface area contributed by atoms with Crippen LogP contribution in [-0.2, 0) is 32.3 Å². The molecule has 2 aromatic rings. The number of allylic oxidation sites excluding steroid dienone is 3. The third-order valence-corrected chi connectivity index (χ3v) is 8.19. The summed E-state index contributed by atoms with van der Waals surface area (Å²) >= 11 is 0. The number of rotatable bonds is 9. The van der Waals surface area contributed by atoms with Crippen molar-refractivity contribution in [3.63, 3.8) is 0 Å². The summed E-state index contributed by atoms with van der Waals surface area (Å²) in [6.07, 6.45) is 0.688. The van der Waals surface area contributed by atoms with Gasteiger partial charge in [-0.2, -0.15) is 0 Å². The van der Waals surface area contributed by atoms with E-state index in [0.717, 1.165) is 33.9 Å². The summed E-state index contributed by atoms with van der Waals surface area (Å²) in [6, 6.07) is 20.0. The molecular formula is C30H38O4Si. The number of carbonyl (C=O) groups excluding carboxylic acids is 2. The fourth-order valence-corrected chi connectivity index (χ4v) is 6.38. The van der Waals surface area contributed by atoms with Gasteiger partial charge in [0.1, 0.15) is 13.2 Å². The fraction of sp³-hybridized carbons (Fsp3) is 0.400. The first kappa shape index (κ1) is 26.7. The number of ether oxygens (including phenoxy) is 2. The van der Waals surface area contributed by atoms with Gasteiger partial charge in [0.15, 0.2) is 5.41 Å². The Balaban J connectivity index is 1.87. The molecule has 1 aliphatic rings.